The minimum absolute atomic E-state index is 0.165. The standard InChI is InChI=1S/C16H18BrNO3/c1-2-21-10-7-16(8-10)9-13(19)18-15(20)14(16)11-5-3-4-6-12(11)17/h3-6,10,14H,2,7-9H2,1H3,(H,18,19,20). The van der Waals surface area contributed by atoms with Crippen LogP contribution in [0.15, 0.2) is 28.7 Å². The maximum Gasteiger partial charge on any atom is 0.234 e. The van der Waals surface area contributed by atoms with E-state index in [2.05, 4.69) is 21.2 Å². The number of hydrogen-bond donors (Lipinski definition) is 1. The highest BCUT2D eigenvalue weighted by atomic mass is 79.9. The van der Waals surface area contributed by atoms with Crippen molar-refractivity contribution in [2.24, 2.45) is 5.41 Å². The molecular formula is C16H18BrNO3. The van der Waals surface area contributed by atoms with Crippen molar-refractivity contribution in [3.63, 3.8) is 0 Å². The molecule has 2 aliphatic rings. The normalized spacial score (nSPS) is 31.9. The van der Waals surface area contributed by atoms with E-state index < -0.39 is 0 Å². The first-order valence-corrected chi connectivity index (χ1v) is 8.05. The molecular weight excluding hydrogens is 334 g/mol. The highest BCUT2D eigenvalue weighted by Crippen LogP contribution is 2.57. The third-order valence-corrected chi connectivity index (χ3v) is 5.26. The van der Waals surface area contributed by atoms with Crippen LogP contribution in [-0.4, -0.2) is 24.5 Å². The minimum atomic E-state index is -0.289. The Morgan fingerprint density at radius 1 is 1.33 bits per heavy atom. The van der Waals surface area contributed by atoms with Crippen molar-refractivity contribution in [1.82, 2.24) is 5.32 Å². The van der Waals surface area contributed by atoms with E-state index in [0.29, 0.717) is 13.0 Å². The number of nitrogens with one attached hydrogen (secondary N) is 1. The lowest BCUT2D eigenvalue weighted by Gasteiger charge is -2.53. The van der Waals surface area contributed by atoms with E-state index in [4.69, 9.17) is 4.74 Å². The summed E-state index contributed by atoms with van der Waals surface area (Å²) in [7, 11) is 0. The van der Waals surface area contributed by atoms with E-state index in [1.807, 2.05) is 31.2 Å². The Balaban J connectivity index is 1.94. The summed E-state index contributed by atoms with van der Waals surface area (Å²) in [6.07, 6.45) is 2.10. The monoisotopic (exact) mass is 351 g/mol. The van der Waals surface area contributed by atoms with Gasteiger partial charge in [-0.3, -0.25) is 14.9 Å². The van der Waals surface area contributed by atoms with Gasteiger partial charge in [0.15, 0.2) is 0 Å². The first-order chi connectivity index (χ1) is 10.1. The summed E-state index contributed by atoms with van der Waals surface area (Å²) in [5.74, 6) is -0.645. The van der Waals surface area contributed by atoms with E-state index >= 15 is 0 Å². The Hall–Kier alpha value is -1.20. The predicted molar refractivity (Wildman–Crippen MR) is 81.7 cm³/mol. The smallest absolute Gasteiger partial charge is 0.234 e. The van der Waals surface area contributed by atoms with Gasteiger partial charge in [0.2, 0.25) is 11.8 Å². The van der Waals surface area contributed by atoms with Crippen LogP contribution < -0.4 is 5.32 Å². The van der Waals surface area contributed by atoms with Crippen molar-refractivity contribution in [3.8, 4) is 0 Å². The highest BCUT2D eigenvalue weighted by Gasteiger charge is 2.57. The fourth-order valence-corrected chi connectivity index (χ4v) is 4.23. The number of halogens is 1. The van der Waals surface area contributed by atoms with Gasteiger partial charge in [-0.15, -0.1) is 0 Å². The topological polar surface area (TPSA) is 55.4 Å². The summed E-state index contributed by atoms with van der Waals surface area (Å²) in [5.41, 5.74) is 0.667. The van der Waals surface area contributed by atoms with E-state index in [1.54, 1.807) is 0 Å². The van der Waals surface area contributed by atoms with Gasteiger partial charge in [-0.25, -0.2) is 0 Å². The van der Waals surface area contributed by atoms with Gasteiger partial charge in [-0.05, 0) is 36.8 Å². The fraction of sp³-hybridized carbons (Fsp3) is 0.500. The molecule has 0 aromatic heterocycles. The molecule has 1 aliphatic carbocycles. The number of imide groups is 1. The van der Waals surface area contributed by atoms with Crippen molar-refractivity contribution < 1.29 is 14.3 Å². The zero-order chi connectivity index (χ0) is 15.0. The minimum Gasteiger partial charge on any atom is -0.378 e. The van der Waals surface area contributed by atoms with Gasteiger partial charge < -0.3 is 4.74 Å². The van der Waals surface area contributed by atoms with Gasteiger partial charge in [0.1, 0.15) is 0 Å². The number of ether oxygens (including phenoxy) is 1. The second kappa shape index (κ2) is 5.54. The maximum atomic E-state index is 12.4. The second-order valence-corrected chi connectivity index (χ2v) is 6.75. The third kappa shape index (κ3) is 2.53. The number of rotatable bonds is 3. The number of piperidine rings is 1. The van der Waals surface area contributed by atoms with Gasteiger partial charge in [0.25, 0.3) is 0 Å². The Morgan fingerprint density at radius 3 is 2.71 bits per heavy atom. The molecule has 1 saturated heterocycles. The molecule has 3 rings (SSSR count). The average molecular weight is 352 g/mol. The largest absolute Gasteiger partial charge is 0.378 e. The van der Waals surface area contributed by atoms with Crippen LogP contribution in [0.25, 0.3) is 0 Å². The van der Waals surface area contributed by atoms with Gasteiger partial charge >= 0.3 is 0 Å². The molecule has 2 amide bonds. The van der Waals surface area contributed by atoms with Crippen LogP contribution in [-0.2, 0) is 14.3 Å². The van der Waals surface area contributed by atoms with Gasteiger partial charge in [0, 0.05) is 17.5 Å². The van der Waals surface area contributed by atoms with Gasteiger partial charge in [-0.2, -0.15) is 0 Å². The van der Waals surface area contributed by atoms with E-state index in [-0.39, 0.29) is 29.3 Å². The van der Waals surface area contributed by atoms with Crippen LogP contribution in [0, 0.1) is 5.41 Å². The van der Waals surface area contributed by atoms with Crippen molar-refractivity contribution >= 4 is 27.7 Å². The molecule has 1 heterocycles. The fourth-order valence-electron chi connectivity index (χ4n) is 3.71. The van der Waals surface area contributed by atoms with Crippen LogP contribution in [0.3, 0.4) is 0 Å². The first kappa shape index (κ1) is 14.7. The van der Waals surface area contributed by atoms with Gasteiger partial charge in [0.05, 0.1) is 12.0 Å². The average Bonchev–Trinajstić information content (AvgIpc) is 2.38. The Kier molecular flexibility index (Phi) is 3.88. The van der Waals surface area contributed by atoms with Gasteiger partial charge in [-0.1, -0.05) is 34.1 Å². The molecule has 1 aromatic carbocycles. The third-order valence-electron chi connectivity index (χ3n) is 4.54. The Morgan fingerprint density at radius 2 is 2.05 bits per heavy atom. The summed E-state index contributed by atoms with van der Waals surface area (Å²) < 4.78 is 6.55. The molecule has 4 nitrogen and oxygen atoms in total. The van der Waals surface area contributed by atoms with E-state index in [9.17, 15) is 9.59 Å². The molecule has 1 N–H and O–H groups in total. The Labute approximate surface area is 132 Å². The van der Waals surface area contributed by atoms with Crippen LogP contribution in [0.2, 0.25) is 0 Å². The summed E-state index contributed by atoms with van der Waals surface area (Å²) >= 11 is 3.53. The highest BCUT2D eigenvalue weighted by molar-refractivity contribution is 9.10. The molecule has 1 atom stereocenters. The lowest BCUT2D eigenvalue weighted by Crippen LogP contribution is -2.57. The summed E-state index contributed by atoms with van der Waals surface area (Å²) in [5, 5.41) is 2.49. The number of carbonyl (C=O) groups excluding carboxylic acids is 2. The zero-order valence-electron chi connectivity index (χ0n) is 11.9. The number of amides is 2. The molecule has 0 radical (unpaired) electrons. The first-order valence-electron chi connectivity index (χ1n) is 7.25. The molecule has 1 aliphatic heterocycles. The Bertz CT molecular complexity index is 581. The molecule has 21 heavy (non-hydrogen) atoms. The summed E-state index contributed by atoms with van der Waals surface area (Å²) in [4.78, 5) is 24.3. The lowest BCUT2D eigenvalue weighted by atomic mass is 9.54. The lowest BCUT2D eigenvalue weighted by molar-refractivity contribution is -0.153. The van der Waals surface area contributed by atoms with Crippen molar-refractivity contribution in [2.75, 3.05) is 6.61 Å². The molecule has 1 spiro atoms. The molecule has 5 heteroatoms. The molecule has 112 valence electrons. The van der Waals surface area contributed by atoms with Crippen LogP contribution in [0.4, 0.5) is 0 Å². The zero-order valence-corrected chi connectivity index (χ0v) is 13.5. The van der Waals surface area contributed by atoms with Crippen molar-refractivity contribution in [1.29, 1.82) is 0 Å². The predicted octanol–water partition coefficient (Wildman–Crippen LogP) is 2.76. The summed E-state index contributed by atoms with van der Waals surface area (Å²) in [6.45, 7) is 2.63. The number of hydrogen-bond acceptors (Lipinski definition) is 3. The molecule has 1 unspecified atom stereocenters. The molecule has 2 fully saturated rings. The van der Waals surface area contributed by atoms with Crippen molar-refractivity contribution in [3.05, 3.63) is 34.3 Å². The SMILES string of the molecule is CCOC1CC2(CC(=O)NC(=O)C2c2ccccc2Br)C1. The van der Waals surface area contributed by atoms with Crippen molar-refractivity contribution in [2.45, 2.75) is 38.2 Å². The quantitative estimate of drug-likeness (QED) is 0.852. The molecule has 1 saturated carbocycles. The number of benzene rings is 1. The van der Waals surface area contributed by atoms with Crippen LogP contribution in [0.5, 0.6) is 0 Å². The maximum absolute atomic E-state index is 12.4. The summed E-state index contributed by atoms with van der Waals surface area (Å²) in [6, 6.07) is 7.75. The number of carbonyl (C=O) groups is 2. The second-order valence-electron chi connectivity index (χ2n) is 5.89. The van der Waals surface area contributed by atoms with E-state index in [0.717, 1.165) is 22.9 Å². The van der Waals surface area contributed by atoms with Crippen LogP contribution >= 0.6 is 15.9 Å². The molecule has 1 aromatic rings. The van der Waals surface area contributed by atoms with E-state index in [1.165, 1.54) is 0 Å². The molecule has 0 bridgehead atoms. The van der Waals surface area contributed by atoms with Crippen LogP contribution in [0.1, 0.15) is 37.7 Å².